The van der Waals surface area contributed by atoms with Crippen molar-refractivity contribution in [1.29, 1.82) is 0 Å². The predicted molar refractivity (Wildman–Crippen MR) is 83.7 cm³/mol. The minimum atomic E-state index is -3.17. The first-order chi connectivity index (χ1) is 9.74. The van der Waals surface area contributed by atoms with E-state index in [1.165, 1.54) is 6.26 Å². The van der Waals surface area contributed by atoms with Gasteiger partial charge in [-0.3, -0.25) is 4.79 Å². The number of nitrogens with one attached hydrogen (secondary N) is 2. The van der Waals surface area contributed by atoms with Gasteiger partial charge in [-0.15, -0.1) is 0 Å². The molecule has 5 nitrogen and oxygen atoms in total. The summed E-state index contributed by atoms with van der Waals surface area (Å²) in [5, 5.41) is 6.04. The second-order valence-electron chi connectivity index (χ2n) is 5.34. The Kier molecular flexibility index (Phi) is 6.36. The van der Waals surface area contributed by atoms with Crippen LogP contribution in [0.3, 0.4) is 0 Å². The van der Waals surface area contributed by atoms with Crippen LogP contribution in [-0.2, 0) is 21.2 Å². The fraction of sp³-hybridized carbons (Fsp3) is 0.533. The molecule has 2 unspecified atom stereocenters. The zero-order valence-electron chi connectivity index (χ0n) is 13.0. The maximum absolute atomic E-state index is 11.9. The van der Waals surface area contributed by atoms with Gasteiger partial charge in [0.05, 0.1) is 10.9 Å². The lowest BCUT2D eigenvalue weighted by Crippen LogP contribution is -2.45. The molecule has 0 spiro atoms. The second kappa shape index (κ2) is 7.56. The predicted octanol–water partition coefficient (Wildman–Crippen LogP) is 1.48. The Balaban J connectivity index is 2.53. The highest BCUT2D eigenvalue weighted by molar-refractivity contribution is 7.90. The van der Waals surface area contributed by atoms with Gasteiger partial charge in [-0.1, -0.05) is 19.1 Å². The molecule has 0 bridgehead atoms. The van der Waals surface area contributed by atoms with E-state index in [9.17, 15) is 13.2 Å². The lowest BCUT2D eigenvalue weighted by atomic mass is 10.2. The van der Waals surface area contributed by atoms with Crippen molar-refractivity contribution < 1.29 is 13.2 Å². The molecular formula is C15H24N2O3S. The number of hydrogen-bond donors (Lipinski definition) is 2. The maximum Gasteiger partial charge on any atom is 0.237 e. The van der Waals surface area contributed by atoms with E-state index < -0.39 is 9.84 Å². The van der Waals surface area contributed by atoms with Gasteiger partial charge in [0, 0.05) is 18.8 Å². The van der Waals surface area contributed by atoms with E-state index in [0.717, 1.165) is 12.0 Å². The monoisotopic (exact) mass is 312 g/mol. The Morgan fingerprint density at radius 2 is 1.76 bits per heavy atom. The van der Waals surface area contributed by atoms with E-state index in [4.69, 9.17) is 0 Å². The molecule has 6 heteroatoms. The molecule has 21 heavy (non-hydrogen) atoms. The Morgan fingerprint density at radius 3 is 2.24 bits per heavy atom. The van der Waals surface area contributed by atoms with Crippen LogP contribution in [0.1, 0.15) is 32.8 Å². The summed E-state index contributed by atoms with van der Waals surface area (Å²) in [5.74, 6) is -0.0305. The van der Waals surface area contributed by atoms with E-state index in [2.05, 4.69) is 10.6 Å². The van der Waals surface area contributed by atoms with Crippen molar-refractivity contribution in [1.82, 2.24) is 10.6 Å². The molecule has 1 aromatic rings. The Bertz CT molecular complexity index is 567. The summed E-state index contributed by atoms with van der Waals surface area (Å²) in [5.41, 5.74) is 0.936. The van der Waals surface area contributed by atoms with Crippen molar-refractivity contribution >= 4 is 15.7 Å². The number of amides is 1. The molecule has 0 radical (unpaired) electrons. The SMILES string of the molecule is CCC(C)NC(=O)C(C)NCc1ccc(S(C)(=O)=O)cc1. The molecule has 0 aliphatic rings. The van der Waals surface area contributed by atoms with Gasteiger partial charge in [-0.25, -0.2) is 8.42 Å². The van der Waals surface area contributed by atoms with Crippen LogP contribution in [-0.4, -0.2) is 32.7 Å². The standard InChI is InChI=1S/C15H24N2O3S/c1-5-11(2)17-15(18)12(3)16-10-13-6-8-14(9-7-13)21(4,19)20/h6-9,11-12,16H,5,10H2,1-4H3,(H,17,18). The van der Waals surface area contributed by atoms with Crippen molar-refractivity contribution in [3.63, 3.8) is 0 Å². The smallest absolute Gasteiger partial charge is 0.237 e. The molecule has 0 saturated carbocycles. The van der Waals surface area contributed by atoms with E-state index in [1.54, 1.807) is 24.3 Å². The van der Waals surface area contributed by atoms with Crippen molar-refractivity contribution in [3.8, 4) is 0 Å². The largest absolute Gasteiger partial charge is 0.352 e. The maximum atomic E-state index is 11.9. The first kappa shape index (κ1) is 17.7. The highest BCUT2D eigenvalue weighted by Crippen LogP contribution is 2.10. The van der Waals surface area contributed by atoms with Gasteiger partial charge >= 0.3 is 0 Å². The van der Waals surface area contributed by atoms with E-state index in [-0.39, 0.29) is 18.0 Å². The van der Waals surface area contributed by atoms with Gasteiger partial charge in [-0.2, -0.15) is 0 Å². The normalized spacial score (nSPS) is 14.5. The van der Waals surface area contributed by atoms with Crippen molar-refractivity contribution in [2.75, 3.05) is 6.26 Å². The van der Waals surface area contributed by atoms with Crippen molar-refractivity contribution in [2.45, 2.75) is 50.7 Å². The van der Waals surface area contributed by atoms with Crippen LogP contribution in [0.2, 0.25) is 0 Å². The zero-order valence-corrected chi connectivity index (χ0v) is 13.8. The van der Waals surface area contributed by atoms with Crippen molar-refractivity contribution in [3.05, 3.63) is 29.8 Å². The third kappa shape index (κ3) is 5.85. The quantitative estimate of drug-likeness (QED) is 0.800. The first-order valence-corrected chi connectivity index (χ1v) is 8.96. The van der Waals surface area contributed by atoms with Crippen LogP contribution in [0.5, 0.6) is 0 Å². The number of rotatable bonds is 7. The van der Waals surface area contributed by atoms with Crippen LogP contribution in [0.25, 0.3) is 0 Å². The summed E-state index contributed by atoms with van der Waals surface area (Å²) in [6.45, 7) is 6.31. The molecule has 2 N–H and O–H groups in total. The minimum absolute atomic E-state index is 0.0305. The third-order valence-electron chi connectivity index (χ3n) is 3.36. The van der Waals surface area contributed by atoms with E-state index in [0.29, 0.717) is 11.4 Å². The summed E-state index contributed by atoms with van der Waals surface area (Å²) in [7, 11) is -3.17. The summed E-state index contributed by atoms with van der Waals surface area (Å²) in [4.78, 5) is 12.2. The molecule has 1 amide bonds. The van der Waals surface area contributed by atoms with Crippen LogP contribution < -0.4 is 10.6 Å². The molecule has 1 aromatic carbocycles. The number of hydrogen-bond acceptors (Lipinski definition) is 4. The fourth-order valence-electron chi connectivity index (χ4n) is 1.69. The third-order valence-corrected chi connectivity index (χ3v) is 4.49. The fourth-order valence-corrected chi connectivity index (χ4v) is 2.32. The van der Waals surface area contributed by atoms with Gasteiger partial charge in [0.2, 0.25) is 5.91 Å². The lowest BCUT2D eigenvalue weighted by molar-refractivity contribution is -0.123. The average Bonchev–Trinajstić information content (AvgIpc) is 2.43. The average molecular weight is 312 g/mol. The molecular weight excluding hydrogens is 288 g/mol. The molecule has 0 aliphatic heterocycles. The van der Waals surface area contributed by atoms with Crippen molar-refractivity contribution in [2.24, 2.45) is 0 Å². The van der Waals surface area contributed by atoms with Crippen LogP contribution >= 0.6 is 0 Å². The molecule has 0 fully saturated rings. The van der Waals surface area contributed by atoms with Gasteiger partial charge in [-0.05, 0) is 38.0 Å². The highest BCUT2D eigenvalue weighted by Gasteiger charge is 2.14. The second-order valence-corrected chi connectivity index (χ2v) is 7.35. The number of benzene rings is 1. The van der Waals surface area contributed by atoms with E-state index in [1.807, 2.05) is 20.8 Å². The van der Waals surface area contributed by atoms with Crippen LogP contribution in [0.15, 0.2) is 29.2 Å². The lowest BCUT2D eigenvalue weighted by Gasteiger charge is -2.17. The summed E-state index contributed by atoms with van der Waals surface area (Å²) in [6.07, 6.45) is 2.08. The van der Waals surface area contributed by atoms with Crippen LogP contribution in [0, 0.1) is 0 Å². The Morgan fingerprint density at radius 1 is 1.19 bits per heavy atom. The van der Waals surface area contributed by atoms with Gasteiger partial charge < -0.3 is 10.6 Å². The van der Waals surface area contributed by atoms with Gasteiger partial charge in [0.15, 0.2) is 9.84 Å². The molecule has 0 aliphatic carbocycles. The number of carbonyl (C=O) groups is 1. The van der Waals surface area contributed by atoms with Crippen LogP contribution in [0.4, 0.5) is 0 Å². The summed E-state index contributed by atoms with van der Waals surface area (Å²) < 4.78 is 22.7. The van der Waals surface area contributed by atoms with E-state index >= 15 is 0 Å². The van der Waals surface area contributed by atoms with Gasteiger partial charge in [0.1, 0.15) is 0 Å². The number of sulfone groups is 1. The van der Waals surface area contributed by atoms with Gasteiger partial charge in [0.25, 0.3) is 0 Å². The Hall–Kier alpha value is -1.40. The first-order valence-electron chi connectivity index (χ1n) is 7.06. The zero-order chi connectivity index (χ0) is 16.0. The molecule has 0 aromatic heterocycles. The molecule has 118 valence electrons. The highest BCUT2D eigenvalue weighted by atomic mass is 32.2. The summed E-state index contributed by atoms with van der Waals surface area (Å²) in [6, 6.07) is 6.53. The molecule has 0 heterocycles. The molecule has 2 atom stereocenters. The molecule has 0 saturated heterocycles. The number of carbonyl (C=O) groups excluding carboxylic acids is 1. The Labute approximate surface area is 127 Å². The summed E-state index contributed by atoms with van der Waals surface area (Å²) >= 11 is 0. The topological polar surface area (TPSA) is 75.3 Å². The molecule has 1 rings (SSSR count). The minimum Gasteiger partial charge on any atom is -0.352 e.